The summed E-state index contributed by atoms with van der Waals surface area (Å²) in [5.41, 5.74) is -2.52. The molecule has 1 N–H and O–H groups in total. The number of hydrazone groups is 1. The second-order valence-corrected chi connectivity index (χ2v) is 8.48. The van der Waals surface area contributed by atoms with E-state index in [0.29, 0.717) is 10.8 Å². The van der Waals surface area contributed by atoms with Crippen LogP contribution in [-0.2, 0) is 4.79 Å². The highest BCUT2D eigenvalue weighted by molar-refractivity contribution is 5.94. The van der Waals surface area contributed by atoms with Gasteiger partial charge in [0.1, 0.15) is 11.5 Å². The summed E-state index contributed by atoms with van der Waals surface area (Å²) in [7, 11) is 0. The summed E-state index contributed by atoms with van der Waals surface area (Å²) in [4.78, 5) is 12.7. The van der Waals surface area contributed by atoms with Gasteiger partial charge in [0.2, 0.25) is 0 Å². The Kier molecular flexibility index (Phi) is 5.86. The minimum absolute atomic E-state index is 0.138. The van der Waals surface area contributed by atoms with Crippen LogP contribution < -0.4 is 4.74 Å². The van der Waals surface area contributed by atoms with Crippen LogP contribution in [0.25, 0.3) is 0 Å². The molecule has 0 unspecified atom stereocenters. The van der Waals surface area contributed by atoms with Crippen molar-refractivity contribution < 1.29 is 27.8 Å². The van der Waals surface area contributed by atoms with Gasteiger partial charge in [0.05, 0.1) is 0 Å². The predicted molar refractivity (Wildman–Crippen MR) is 100 cm³/mol. The zero-order chi connectivity index (χ0) is 21.5. The average Bonchev–Trinajstić information content (AvgIpc) is 2.91. The monoisotopic (exact) mass is 400 g/mol. The van der Waals surface area contributed by atoms with Crippen molar-refractivity contribution in [2.75, 3.05) is 6.61 Å². The third kappa shape index (κ3) is 4.32. The first-order chi connectivity index (χ1) is 12.7. The Bertz CT molecular complexity index is 782. The Morgan fingerprint density at radius 1 is 1.32 bits per heavy atom. The van der Waals surface area contributed by atoms with Crippen LogP contribution in [0.1, 0.15) is 58.1 Å². The third-order valence-corrected chi connectivity index (χ3v) is 4.89. The molecule has 0 aromatic heterocycles. The van der Waals surface area contributed by atoms with Crippen LogP contribution in [0.3, 0.4) is 0 Å². The Morgan fingerprint density at radius 3 is 2.43 bits per heavy atom. The molecule has 1 heterocycles. The molecule has 1 amide bonds. The van der Waals surface area contributed by atoms with Crippen molar-refractivity contribution >= 4 is 11.6 Å². The normalized spacial score (nSPS) is 20.5. The van der Waals surface area contributed by atoms with Crippen molar-refractivity contribution in [1.29, 1.82) is 0 Å². The van der Waals surface area contributed by atoms with Gasteiger partial charge in [-0.1, -0.05) is 46.8 Å². The van der Waals surface area contributed by atoms with Crippen LogP contribution in [0.4, 0.5) is 13.2 Å². The van der Waals surface area contributed by atoms with E-state index in [2.05, 4.69) is 5.10 Å². The smallest absolute Gasteiger partial charge is 0.431 e. The van der Waals surface area contributed by atoms with Gasteiger partial charge in [-0.25, -0.2) is 0 Å². The number of nitrogens with zero attached hydrogens (tertiary/aromatic N) is 2. The van der Waals surface area contributed by atoms with Crippen LogP contribution in [0.15, 0.2) is 23.3 Å². The van der Waals surface area contributed by atoms with Crippen LogP contribution in [-0.4, -0.2) is 40.2 Å². The quantitative estimate of drug-likeness (QED) is 0.816. The molecule has 8 heteroatoms. The molecule has 2 rings (SSSR count). The maximum absolute atomic E-state index is 13.2. The maximum atomic E-state index is 13.2. The van der Waals surface area contributed by atoms with Crippen molar-refractivity contribution in [1.82, 2.24) is 5.01 Å². The number of aryl methyl sites for hydroxylation is 1. The number of hydrogen-bond acceptors (Lipinski definition) is 4. The van der Waals surface area contributed by atoms with Crippen LogP contribution in [0.2, 0.25) is 0 Å². The lowest BCUT2D eigenvalue weighted by atomic mass is 9.80. The SMILES string of the molecule is Cc1ccc(C(C)C)c(OCC(=O)N2N=C(C(F)(F)F)C[C@@]2(O)C(C)(C)C)c1. The Morgan fingerprint density at radius 2 is 1.93 bits per heavy atom. The maximum Gasteiger partial charge on any atom is 0.431 e. The zero-order valence-corrected chi connectivity index (χ0v) is 17.0. The van der Waals surface area contributed by atoms with E-state index in [4.69, 9.17) is 4.74 Å². The number of ether oxygens (including phenoxy) is 1. The molecular formula is C20H27F3N2O3. The number of rotatable bonds is 4. The number of alkyl halides is 3. The Balaban J connectivity index is 2.29. The zero-order valence-electron chi connectivity index (χ0n) is 17.0. The van der Waals surface area contributed by atoms with Crippen LogP contribution in [0.5, 0.6) is 5.75 Å². The fraction of sp³-hybridized carbons (Fsp3) is 0.600. The summed E-state index contributed by atoms with van der Waals surface area (Å²) in [5.74, 6) is -0.214. The van der Waals surface area contributed by atoms with Gasteiger partial charge in [-0.05, 0) is 30.0 Å². The predicted octanol–water partition coefficient (Wildman–Crippen LogP) is 4.38. The van der Waals surface area contributed by atoms with E-state index < -0.39 is 42.0 Å². The molecule has 0 saturated carbocycles. The van der Waals surface area contributed by atoms with E-state index >= 15 is 0 Å². The summed E-state index contributed by atoms with van der Waals surface area (Å²) in [5, 5.41) is 14.9. The summed E-state index contributed by atoms with van der Waals surface area (Å²) >= 11 is 0. The molecule has 1 atom stereocenters. The molecular weight excluding hydrogens is 373 g/mol. The lowest BCUT2D eigenvalue weighted by molar-refractivity contribution is -0.183. The summed E-state index contributed by atoms with van der Waals surface area (Å²) in [6, 6.07) is 5.58. The van der Waals surface area contributed by atoms with Gasteiger partial charge in [-0.3, -0.25) is 4.79 Å². The first-order valence-corrected chi connectivity index (χ1v) is 9.10. The van der Waals surface area contributed by atoms with Crippen LogP contribution >= 0.6 is 0 Å². The highest BCUT2D eigenvalue weighted by Gasteiger charge is 2.57. The van der Waals surface area contributed by atoms with E-state index in [-0.39, 0.29) is 5.92 Å². The van der Waals surface area contributed by atoms with Gasteiger partial charge in [0.25, 0.3) is 5.91 Å². The number of aliphatic hydroxyl groups is 1. The fourth-order valence-electron chi connectivity index (χ4n) is 2.99. The van der Waals surface area contributed by atoms with Gasteiger partial charge >= 0.3 is 6.18 Å². The first kappa shape index (κ1) is 22.2. The molecule has 0 radical (unpaired) electrons. The lowest BCUT2D eigenvalue weighted by Crippen LogP contribution is -2.56. The van der Waals surface area contributed by atoms with Crippen molar-refractivity contribution in [2.45, 2.75) is 65.8 Å². The number of carbonyl (C=O) groups excluding carboxylic acids is 1. The second-order valence-electron chi connectivity index (χ2n) is 8.48. The molecule has 0 saturated heterocycles. The molecule has 0 fully saturated rings. The third-order valence-electron chi connectivity index (χ3n) is 4.89. The summed E-state index contributed by atoms with van der Waals surface area (Å²) in [6.45, 7) is 9.95. The van der Waals surface area contributed by atoms with E-state index in [1.54, 1.807) is 26.8 Å². The van der Waals surface area contributed by atoms with Crippen molar-refractivity contribution in [3.63, 3.8) is 0 Å². The van der Waals surface area contributed by atoms with E-state index in [0.717, 1.165) is 11.1 Å². The molecule has 5 nitrogen and oxygen atoms in total. The van der Waals surface area contributed by atoms with Crippen molar-refractivity contribution in [3.8, 4) is 5.75 Å². The molecule has 0 bridgehead atoms. The molecule has 1 aliphatic rings. The Labute approximate surface area is 163 Å². The second kappa shape index (κ2) is 7.39. The number of benzene rings is 1. The molecule has 1 aromatic carbocycles. The summed E-state index contributed by atoms with van der Waals surface area (Å²) in [6.07, 6.45) is -5.51. The molecule has 0 aliphatic carbocycles. The van der Waals surface area contributed by atoms with E-state index in [1.165, 1.54) is 0 Å². The molecule has 156 valence electrons. The number of amides is 1. The van der Waals surface area contributed by atoms with Crippen molar-refractivity contribution in [3.05, 3.63) is 29.3 Å². The minimum Gasteiger partial charge on any atom is -0.483 e. The van der Waals surface area contributed by atoms with Crippen LogP contribution in [0, 0.1) is 12.3 Å². The highest BCUT2D eigenvalue weighted by Crippen LogP contribution is 2.43. The molecule has 28 heavy (non-hydrogen) atoms. The topological polar surface area (TPSA) is 62.1 Å². The summed E-state index contributed by atoms with van der Waals surface area (Å²) < 4.78 is 45.1. The number of hydrogen-bond donors (Lipinski definition) is 1. The minimum atomic E-state index is -4.73. The van der Waals surface area contributed by atoms with E-state index in [1.807, 2.05) is 32.9 Å². The lowest BCUT2D eigenvalue weighted by Gasteiger charge is -2.41. The van der Waals surface area contributed by atoms with Gasteiger partial charge in [-0.2, -0.15) is 23.3 Å². The van der Waals surface area contributed by atoms with Gasteiger partial charge in [0.15, 0.2) is 12.3 Å². The molecule has 0 spiro atoms. The average molecular weight is 400 g/mol. The van der Waals surface area contributed by atoms with Gasteiger partial charge in [-0.15, -0.1) is 0 Å². The van der Waals surface area contributed by atoms with Gasteiger partial charge < -0.3 is 9.84 Å². The first-order valence-electron chi connectivity index (χ1n) is 9.10. The Hall–Kier alpha value is -2.09. The largest absolute Gasteiger partial charge is 0.483 e. The number of halogens is 3. The molecule has 1 aliphatic heterocycles. The molecule has 1 aromatic rings. The fourth-order valence-corrected chi connectivity index (χ4v) is 2.99. The van der Waals surface area contributed by atoms with E-state index in [9.17, 15) is 23.1 Å². The number of carbonyl (C=O) groups is 1. The van der Waals surface area contributed by atoms with Gasteiger partial charge in [0, 0.05) is 11.8 Å². The standard InChI is InChI=1S/C20H27F3N2O3/c1-12(2)14-8-7-13(3)9-15(14)28-11-17(26)25-19(27,18(4,5)6)10-16(24-25)20(21,22)23/h7-9,12,27H,10-11H2,1-6H3/t19-/m1/s1. The van der Waals surface area contributed by atoms with Crippen molar-refractivity contribution in [2.24, 2.45) is 10.5 Å². The highest BCUT2D eigenvalue weighted by atomic mass is 19.4.